The Morgan fingerprint density at radius 1 is 1.33 bits per heavy atom. The van der Waals surface area contributed by atoms with Gasteiger partial charge in [0.25, 0.3) is 0 Å². The number of hydrogen-bond acceptors (Lipinski definition) is 0. The van der Waals surface area contributed by atoms with Gasteiger partial charge in [0.1, 0.15) is 0 Å². The second-order valence-corrected chi connectivity index (χ2v) is 2.20. The second-order valence-electron chi connectivity index (χ2n) is 2.20. The molecule has 0 aliphatic heterocycles. The highest BCUT2D eigenvalue weighted by Gasteiger charge is 1.76. The van der Waals surface area contributed by atoms with E-state index >= 15 is 0 Å². The summed E-state index contributed by atoms with van der Waals surface area (Å²) >= 11 is 0. The van der Waals surface area contributed by atoms with Crippen molar-refractivity contribution in [2.75, 3.05) is 0 Å². The van der Waals surface area contributed by atoms with Crippen molar-refractivity contribution in [2.45, 2.75) is 33.6 Å². The van der Waals surface area contributed by atoms with Crippen molar-refractivity contribution in [1.82, 2.24) is 0 Å². The molecule has 0 unspecified atom stereocenters. The summed E-state index contributed by atoms with van der Waals surface area (Å²) in [5, 5.41) is 0. The van der Waals surface area contributed by atoms with Crippen LogP contribution >= 0.6 is 0 Å². The Bertz CT molecular complexity index is 107. The van der Waals surface area contributed by atoms with Gasteiger partial charge in [-0.05, 0) is 19.8 Å². The van der Waals surface area contributed by atoms with E-state index in [2.05, 4.69) is 39.0 Å². The Morgan fingerprint density at radius 2 is 2.00 bits per heavy atom. The minimum Gasteiger partial charge on any atom is -0.0848 e. The lowest BCUT2D eigenvalue weighted by molar-refractivity contribution is 1.10. The van der Waals surface area contributed by atoms with Crippen LogP contribution in [0.15, 0.2) is 23.8 Å². The van der Waals surface area contributed by atoms with E-state index in [4.69, 9.17) is 0 Å². The zero-order chi connectivity index (χ0) is 7.11. The van der Waals surface area contributed by atoms with Crippen LogP contribution in [0.1, 0.15) is 33.6 Å². The highest BCUT2D eigenvalue weighted by Crippen LogP contribution is 1.97. The molecular weight excluding hydrogens is 108 g/mol. The predicted octanol–water partition coefficient (Wildman–Crippen LogP) is 3.31. The molecule has 0 amide bonds. The van der Waals surface area contributed by atoms with E-state index in [1.54, 1.807) is 0 Å². The molecule has 0 aromatic rings. The van der Waals surface area contributed by atoms with Crippen LogP contribution in [0, 0.1) is 0 Å². The van der Waals surface area contributed by atoms with E-state index in [9.17, 15) is 0 Å². The topological polar surface area (TPSA) is 0 Å². The molecule has 0 fully saturated rings. The lowest BCUT2D eigenvalue weighted by Gasteiger charge is -1.87. The zero-order valence-electron chi connectivity index (χ0n) is 6.65. The molecule has 0 aliphatic carbocycles. The third-order valence-electron chi connectivity index (χ3n) is 1.31. The summed E-state index contributed by atoms with van der Waals surface area (Å²) < 4.78 is 0. The molecule has 0 nitrogen and oxygen atoms in total. The molecule has 0 saturated carbocycles. The minimum absolute atomic E-state index is 1.13. The van der Waals surface area contributed by atoms with Gasteiger partial charge in [-0.1, -0.05) is 37.6 Å². The van der Waals surface area contributed by atoms with Gasteiger partial charge in [0.2, 0.25) is 0 Å². The van der Waals surface area contributed by atoms with Crippen LogP contribution in [0.4, 0.5) is 0 Å². The molecule has 9 heavy (non-hydrogen) atoms. The van der Waals surface area contributed by atoms with Crippen LogP contribution in [0.3, 0.4) is 0 Å². The molecule has 0 atom stereocenters. The number of rotatable bonds is 3. The van der Waals surface area contributed by atoms with Crippen LogP contribution in [0.5, 0.6) is 0 Å². The van der Waals surface area contributed by atoms with Crippen molar-refractivity contribution in [3.8, 4) is 0 Å². The molecule has 0 heteroatoms. The Balaban J connectivity index is 3.55. The summed E-state index contributed by atoms with van der Waals surface area (Å²) in [4.78, 5) is 0. The molecule has 0 heterocycles. The summed E-state index contributed by atoms with van der Waals surface area (Å²) in [7, 11) is 0. The molecular formula is C9H16. The standard InChI is InChI=1S/C9H16/c1-4-6-7-8-9(3)5-2/h6-8H,4-5H2,1-3H3/b7-6+,9-8+. The van der Waals surface area contributed by atoms with Gasteiger partial charge in [-0.2, -0.15) is 0 Å². The molecule has 0 N–H and O–H groups in total. The first kappa shape index (κ1) is 8.48. The molecule has 0 spiro atoms. The fraction of sp³-hybridized carbons (Fsp3) is 0.556. The maximum atomic E-state index is 2.17. The lowest BCUT2D eigenvalue weighted by atomic mass is 10.2. The molecule has 0 bridgehead atoms. The quantitative estimate of drug-likeness (QED) is 0.506. The first-order valence-corrected chi connectivity index (χ1v) is 3.63. The maximum absolute atomic E-state index is 2.17. The average molecular weight is 124 g/mol. The molecule has 0 rings (SSSR count). The van der Waals surface area contributed by atoms with Gasteiger partial charge in [0.05, 0.1) is 0 Å². The Kier molecular flexibility index (Phi) is 5.29. The highest BCUT2D eigenvalue weighted by atomic mass is 13.8. The van der Waals surface area contributed by atoms with Crippen LogP contribution in [-0.4, -0.2) is 0 Å². The Hall–Kier alpha value is -0.520. The minimum atomic E-state index is 1.13. The smallest absolute Gasteiger partial charge is 0.0349 e. The van der Waals surface area contributed by atoms with Crippen molar-refractivity contribution < 1.29 is 0 Å². The lowest BCUT2D eigenvalue weighted by Crippen LogP contribution is -1.66. The van der Waals surface area contributed by atoms with Gasteiger partial charge in [-0.15, -0.1) is 0 Å². The van der Waals surface area contributed by atoms with Gasteiger partial charge in [0.15, 0.2) is 0 Å². The summed E-state index contributed by atoms with van der Waals surface area (Å²) in [6.07, 6.45) is 8.75. The normalized spacial score (nSPS) is 13.0. The van der Waals surface area contributed by atoms with Crippen molar-refractivity contribution in [2.24, 2.45) is 0 Å². The van der Waals surface area contributed by atoms with Crippen molar-refractivity contribution in [3.05, 3.63) is 23.8 Å². The summed E-state index contributed by atoms with van der Waals surface area (Å²) in [5.74, 6) is 0. The fourth-order valence-corrected chi connectivity index (χ4v) is 0.486. The molecule has 0 saturated heterocycles. The molecule has 0 radical (unpaired) electrons. The summed E-state index contributed by atoms with van der Waals surface area (Å²) in [6.45, 7) is 6.47. The van der Waals surface area contributed by atoms with Gasteiger partial charge in [0, 0.05) is 0 Å². The van der Waals surface area contributed by atoms with Crippen LogP contribution in [0.2, 0.25) is 0 Å². The molecule has 0 aliphatic rings. The highest BCUT2D eigenvalue weighted by molar-refractivity contribution is 5.09. The zero-order valence-corrected chi connectivity index (χ0v) is 6.65. The first-order chi connectivity index (χ1) is 4.31. The van der Waals surface area contributed by atoms with Gasteiger partial charge in [-0.25, -0.2) is 0 Å². The van der Waals surface area contributed by atoms with Gasteiger partial charge < -0.3 is 0 Å². The Labute approximate surface area is 58.3 Å². The van der Waals surface area contributed by atoms with E-state index in [1.807, 2.05) is 0 Å². The van der Waals surface area contributed by atoms with Crippen LogP contribution < -0.4 is 0 Å². The second kappa shape index (κ2) is 5.61. The predicted molar refractivity (Wildman–Crippen MR) is 43.5 cm³/mol. The van der Waals surface area contributed by atoms with E-state index in [0.717, 1.165) is 12.8 Å². The van der Waals surface area contributed by atoms with Gasteiger partial charge in [-0.3, -0.25) is 0 Å². The van der Waals surface area contributed by atoms with E-state index in [1.165, 1.54) is 5.57 Å². The molecule has 0 aromatic carbocycles. The number of allylic oxidation sites excluding steroid dienone is 4. The molecule has 52 valence electrons. The summed E-state index contributed by atoms with van der Waals surface area (Å²) in [5.41, 5.74) is 1.44. The third-order valence-corrected chi connectivity index (χ3v) is 1.31. The van der Waals surface area contributed by atoms with E-state index < -0.39 is 0 Å². The van der Waals surface area contributed by atoms with E-state index in [-0.39, 0.29) is 0 Å². The van der Waals surface area contributed by atoms with Crippen LogP contribution in [0.25, 0.3) is 0 Å². The third kappa shape index (κ3) is 5.35. The van der Waals surface area contributed by atoms with Crippen molar-refractivity contribution >= 4 is 0 Å². The average Bonchev–Trinajstić information content (AvgIpc) is 1.89. The van der Waals surface area contributed by atoms with E-state index in [0.29, 0.717) is 0 Å². The summed E-state index contributed by atoms with van der Waals surface area (Å²) in [6, 6.07) is 0. The van der Waals surface area contributed by atoms with Gasteiger partial charge >= 0.3 is 0 Å². The molecule has 0 aromatic heterocycles. The Morgan fingerprint density at radius 3 is 2.44 bits per heavy atom. The largest absolute Gasteiger partial charge is 0.0848 e. The SMILES string of the molecule is CC/C=C/C=C(\C)CC. The monoisotopic (exact) mass is 124 g/mol. The fourth-order valence-electron chi connectivity index (χ4n) is 0.486. The maximum Gasteiger partial charge on any atom is -0.0349 e. The first-order valence-electron chi connectivity index (χ1n) is 3.63. The van der Waals surface area contributed by atoms with Crippen molar-refractivity contribution in [3.63, 3.8) is 0 Å². The van der Waals surface area contributed by atoms with Crippen LogP contribution in [-0.2, 0) is 0 Å². The van der Waals surface area contributed by atoms with Crippen molar-refractivity contribution in [1.29, 1.82) is 0 Å². The number of hydrogen-bond donors (Lipinski definition) is 0.